The second-order valence-electron chi connectivity index (χ2n) is 5.23. The number of amides is 1. The number of nitrogens with one attached hydrogen (secondary N) is 1. The minimum Gasteiger partial charge on any atom is -0.397 e. The molecule has 1 amide bonds. The van der Waals surface area contributed by atoms with E-state index in [9.17, 15) is 9.00 Å². The van der Waals surface area contributed by atoms with Gasteiger partial charge in [0, 0.05) is 28.2 Å². The van der Waals surface area contributed by atoms with Crippen LogP contribution in [0.5, 0.6) is 0 Å². The Kier molecular flexibility index (Phi) is 5.59. The predicted octanol–water partition coefficient (Wildman–Crippen LogP) is 2.68. The van der Waals surface area contributed by atoms with Crippen molar-refractivity contribution in [3.63, 3.8) is 0 Å². The zero-order chi connectivity index (χ0) is 14.4. The molecule has 4 nitrogen and oxygen atoms in total. The van der Waals surface area contributed by atoms with Gasteiger partial charge in [0.1, 0.15) is 0 Å². The van der Waals surface area contributed by atoms with E-state index in [1.807, 2.05) is 12.1 Å². The summed E-state index contributed by atoms with van der Waals surface area (Å²) in [6.45, 7) is 0. The Hall–Kier alpha value is -1.36. The second kappa shape index (κ2) is 7.43. The van der Waals surface area contributed by atoms with Crippen molar-refractivity contribution in [1.29, 1.82) is 0 Å². The molecule has 1 fully saturated rings. The first-order valence-electron chi connectivity index (χ1n) is 7.18. The summed E-state index contributed by atoms with van der Waals surface area (Å²) in [7, 11) is -0.882. The molecule has 0 bridgehead atoms. The molecular formula is C15H22N2O2S. The highest BCUT2D eigenvalue weighted by atomic mass is 32.2. The van der Waals surface area contributed by atoms with E-state index in [0.717, 1.165) is 12.8 Å². The molecule has 1 saturated carbocycles. The SMILES string of the molecule is Nc1ccccc1NC(=O)CCS(=O)C1CCCCC1. The van der Waals surface area contributed by atoms with Gasteiger partial charge in [0.05, 0.1) is 11.4 Å². The first-order valence-corrected chi connectivity index (χ1v) is 8.56. The van der Waals surface area contributed by atoms with Crippen LogP contribution in [-0.4, -0.2) is 21.1 Å². The smallest absolute Gasteiger partial charge is 0.225 e. The van der Waals surface area contributed by atoms with Crippen LogP contribution in [0, 0.1) is 0 Å². The van der Waals surface area contributed by atoms with Crippen LogP contribution in [0.25, 0.3) is 0 Å². The molecular weight excluding hydrogens is 272 g/mol. The Labute approximate surface area is 122 Å². The van der Waals surface area contributed by atoms with E-state index in [1.54, 1.807) is 12.1 Å². The van der Waals surface area contributed by atoms with Crippen molar-refractivity contribution in [2.24, 2.45) is 0 Å². The summed E-state index contributed by atoms with van der Waals surface area (Å²) in [5, 5.41) is 3.06. The maximum Gasteiger partial charge on any atom is 0.225 e. The van der Waals surface area contributed by atoms with E-state index in [4.69, 9.17) is 5.73 Å². The summed E-state index contributed by atoms with van der Waals surface area (Å²) in [6, 6.07) is 7.16. The normalized spacial score (nSPS) is 17.6. The van der Waals surface area contributed by atoms with Crippen molar-refractivity contribution < 1.29 is 9.00 Å². The van der Waals surface area contributed by atoms with Gasteiger partial charge in [0.25, 0.3) is 0 Å². The molecule has 0 radical (unpaired) electrons. The number of carbonyl (C=O) groups excluding carboxylic acids is 1. The van der Waals surface area contributed by atoms with E-state index in [2.05, 4.69) is 5.32 Å². The number of para-hydroxylation sites is 2. The Morgan fingerprint density at radius 1 is 1.25 bits per heavy atom. The molecule has 110 valence electrons. The lowest BCUT2D eigenvalue weighted by molar-refractivity contribution is -0.115. The molecule has 1 aromatic rings. The summed E-state index contributed by atoms with van der Waals surface area (Å²) in [6.07, 6.45) is 5.96. The Balaban J connectivity index is 1.77. The van der Waals surface area contributed by atoms with Gasteiger partial charge in [0.15, 0.2) is 0 Å². The van der Waals surface area contributed by atoms with Crippen LogP contribution in [0.2, 0.25) is 0 Å². The van der Waals surface area contributed by atoms with Gasteiger partial charge in [-0.15, -0.1) is 0 Å². The van der Waals surface area contributed by atoms with Gasteiger partial charge in [-0.25, -0.2) is 0 Å². The molecule has 2 rings (SSSR count). The molecule has 5 heteroatoms. The topological polar surface area (TPSA) is 72.2 Å². The zero-order valence-electron chi connectivity index (χ0n) is 11.6. The van der Waals surface area contributed by atoms with Crippen molar-refractivity contribution >= 4 is 28.1 Å². The average molecular weight is 294 g/mol. The number of anilines is 2. The maximum absolute atomic E-state index is 12.1. The Morgan fingerprint density at radius 2 is 1.95 bits per heavy atom. The Morgan fingerprint density at radius 3 is 2.65 bits per heavy atom. The third-order valence-electron chi connectivity index (χ3n) is 3.69. The number of nitrogen functional groups attached to an aromatic ring is 1. The minimum atomic E-state index is -0.882. The zero-order valence-corrected chi connectivity index (χ0v) is 12.5. The molecule has 0 spiro atoms. The van der Waals surface area contributed by atoms with Gasteiger partial charge < -0.3 is 11.1 Å². The van der Waals surface area contributed by atoms with E-state index >= 15 is 0 Å². The molecule has 1 aromatic carbocycles. The molecule has 0 heterocycles. The molecule has 1 atom stereocenters. The van der Waals surface area contributed by atoms with Crippen molar-refractivity contribution in [3.05, 3.63) is 24.3 Å². The summed E-state index contributed by atoms with van der Waals surface area (Å²) >= 11 is 0. The van der Waals surface area contributed by atoms with Crippen LogP contribution >= 0.6 is 0 Å². The highest BCUT2D eigenvalue weighted by Gasteiger charge is 2.20. The van der Waals surface area contributed by atoms with Gasteiger partial charge in [-0.05, 0) is 25.0 Å². The molecule has 0 saturated heterocycles. The molecule has 3 N–H and O–H groups in total. The number of hydrogen-bond acceptors (Lipinski definition) is 3. The summed E-state index contributed by atoms with van der Waals surface area (Å²) in [5.74, 6) is 0.329. The van der Waals surface area contributed by atoms with E-state index in [0.29, 0.717) is 22.4 Å². The van der Waals surface area contributed by atoms with Crippen LogP contribution < -0.4 is 11.1 Å². The fourth-order valence-corrected chi connectivity index (χ4v) is 4.09. The summed E-state index contributed by atoms with van der Waals surface area (Å²) < 4.78 is 12.1. The third kappa shape index (κ3) is 4.34. The lowest BCUT2D eigenvalue weighted by Crippen LogP contribution is -2.23. The molecule has 1 unspecified atom stereocenters. The number of benzene rings is 1. The average Bonchev–Trinajstić information content (AvgIpc) is 2.48. The van der Waals surface area contributed by atoms with Gasteiger partial charge in [0.2, 0.25) is 5.91 Å². The van der Waals surface area contributed by atoms with Crippen LogP contribution in [0.4, 0.5) is 11.4 Å². The van der Waals surface area contributed by atoms with E-state index in [1.165, 1.54) is 19.3 Å². The number of carbonyl (C=O) groups is 1. The summed E-state index contributed by atoms with van der Waals surface area (Å²) in [5.41, 5.74) is 6.94. The maximum atomic E-state index is 12.1. The van der Waals surface area contributed by atoms with Gasteiger partial charge in [-0.2, -0.15) is 0 Å². The standard InChI is InChI=1S/C15H22N2O2S/c16-13-8-4-5-9-14(13)17-15(18)10-11-20(19)12-6-2-1-3-7-12/h4-5,8-9,12H,1-3,6-7,10-11,16H2,(H,17,18). The first kappa shape index (κ1) is 15.0. The lowest BCUT2D eigenvalue weighted by Gasteiger charge is -2.20. The fraction of sp³-hybridized carbons (Fsp3) is 0.533. The van der Waals surface area contributed by atoms with Crippen molar-refractivity contribution in [2.45, 2.75) is 43.8 Å². The van der Waals surface area contributed by atoms with Gasteiger partial charge >= 0.3 is 0 Å². The highest BCUT2D eigenvalue weighted by molar-refractivity contribution is 7.85. The van der Waals surface area contributed by atoms with Crippen LogP contribution in [0.3, 0.4) is 0 Å². The van der Waals surface area contributed by atoms with Crippen LogP contribution in [0.1, 0.15) is 38.5 Å². The first-order chi connectivity index (χ1) is 9.66. The van der Waals surface area contributed by atoms with Crippen molar-refractivity contribution in [1.82, 2.24) is 0 Å². The predicted molar refractivity (Wildman–Crippen MR) is 84.0 cm³/mol. The fourth-order valence-electron chi connectivity index (χ4n) is 2.51. The highest BCUT2D eigenvalue weighted by Crippen LogP contribution is 2.22. The number of nitrogens with two attached hydrogens (primary N) is 1. The molecule has 1 aliphatic carbocycles. The third-order valence-corrected chi connectivity index (χ3v) is 5.51. The van der Waals surface area contributed by atoms with E-state index < -0.39 is 10.8 Å². The number of rotatable bonds is 5. The van der Waals surface area contributed by atoms with Crippen LogP contribution in [-0.2, 0) is 15.6 Å². The Bertz CT molecular complexity index is 485. The number of hydrogen-bond donors (Lipinski definition) is 2. The molecule has 0 aliphatic heterocycles. The van der Waals surface area contributed by atoms with Crippen molar-refractivity contribution in [2.75, 3.05) is 16.8 Å². The minimum absolute atomic E-state index is 0.118. The quantitative estimate of drug-likeness (QED) is 0.820. The van der Waals surface area contributed by atoms with Gasteiger partial charge in [-0.3, -0.25) is 9.00 Å². The second-order valence-corrected chi connectivity index (χ2v) is 7.07. The lowest BCUT2D eigenvalue weighted by atomic mass is 10.0. The van der Waals surface area contributed by atoms with Crippen LogP contribution in [0.15, 0.2) is 24.3 Å². The summed E-state index contributed by atoms with van der Waals surface area (Å²) in [4.78, 5) is 11.9. The van der Waals surface area contributed by atoms with Crippen molar-refractivity contribution in [3.8, 4) is 0 Å². The van der Waals surface area contributed by atoms with E-state index in [-0.39, 0.29) is 12.3 Å². The molecule has 1 aliphatic rings. The molecule has 0 aromatic heterocycles. The molecule has 20 heavy (non-hydrogen) atoms. The largest absolute Gasteiger partial charge is 0.397 e. The monoisotopic (exact) mass is 294 g/mol. The van der Waals surface area contributed by atoms with Gasteiger partial charge in [-0.1, -0.05) is 31.4 Å².